The topological polar surface area (TPSA) is 72.7 Å². The van der Waals surface area contributed by atoms with Gasteiger partial charge in [-0.15, -0.1) is 16.8 Å². The van der Waals surface area contributed by atoms with Crippen molar-refractivity contribution in [3.63, 3.8) is 0 Å². The van der Waals surface area contributed by atoms with Crippen LogP contribution in [0, 0.1) is 6.92 Å². The van der Waals surface area contributed by atoms with E-state index in [1.165, 1.54) is 11.8 Å². The molecule has 0 aliphatic heterocycles. The fourth-order valence-corrected chi connectivity index (χ4v) is 2.78. The quantitative estimate of drug-likeness (QED) is 0.498. The third-order valence-corrected chi connectivity index (χ3v) is 4.26. The molecule has 0 spiro atoms. The molecule has 1 unspecified atom stereocenters. The van der Waals surface area contributed by atoms with Crippen LogP contribution >= 0.6 is 23.4 Å². The Balaban J connectivity index is 2.06. The highest BCUT2D eigenvalue weighted by molar-refractivity contribution is 8.00. The summed E-state index contributed by atoms with van der Waals surface area (Å²) in [6, 6.07) is 3.42. The number of rotatable bonds is 6. The fourth-order valence-electron chi connectivity index (χ4n) is 1.71. The molecule has 0 radical (unpaired) electrons. The summed E-state index contributed by atoms with van der Waals surface area (Å²) in [7, 11) is 0. The first-order valence-corrected chi connectivity index (χ1v) is 7.87. The SMILES string of the molecule is C=CCn1c(C)nnc1SC(C)C(=O)Nc1cccnc1Cl. The van der Waals surface area contributed by atoms with Gasteiger partial charge in [-0.3, -0.25) is 4.79 Å². The molecule has 1 amide bonds. The van der Waals surface area contributed by atoms with Gasteiger partial charge in [-0.05, 0) is 26.0 Å². The lowest BCUT2D eigenvalue weighted by molar-refractivity contribution is -0.115. The summed E-state index contributed by atoms with van der Waals surface area (Å²) >= 11 is 7.26. The van der Waals surface area contributed by atoms with Crippen LogP contribution in [0.5, 0.6) is 0 Å². The predicted molar refractivity (Wildman–Crippen MR) is 88.2 cm³/mol. The second-order valence-electron chi connectivity index (χ2n) is 4.52. The number of nitrogens with zero attached hydrogens (tertiary/aromatic N) is 4. The number of allylic oxidation sites excluding steroid dienone is 1. The third-order valence-electron chi connectivity index (χ3n) is 2.88. The Kier molecular flexibility index (Phi) is 5.57. The molecule has 0 aromatic carbocycles. The predicted octanol–water partition coefficient (Wildman–Crippen LogP) is 2.94. The van der Waals surface area contributed by atoms with Crippen LogP contribution in [-0.2, 0) is 11.3 Å². The molecule has 2 aromatic rings. The largest absolute Gasteiger partial charge is 0.322 e. The van der Waals surface area contributed by atoms with E-state index in [-0.39, 0.29) is 16.3 Å². The Morgan fingerprint density at radius 1 is 1.59 bits per heavy atom. The number of halogens is 1. The monoisotopic (exact) mass is 337 g/mol. The summed E-state index contributed by atoms with van der Waals surface area (Å²) in [5.41, 5.74) is 0.491. The molecule has 1 atom stereocenters. The normalized spacial score (nSPS) is 12.0. The van der Waals surface area contributed by atoms with E-state index in [2.05, 4.69) is 27.1 Å². The Hall–Kier alpha value is -1.86. The fraction of sp³-hybridized carbons (Fsp3) is 0.286. The van der Waals surface area contributed by atoms with Crippen LogP contribution in [-0.4, -0.2) is 30.9 Å². The zero-order chi connectivity index (χ0) is 16.1. The van der Waals surface area contributed by atoms with Crippen molar-refractivity contribution < 1.29 is 4.79 Å². The average molecular weight is 338 g/mol. The summed E-state index contributed by atoms with van der Waals surface area (Å²) < 4.78 is 1.90. The van der Waals surface area contributed by atoms with Crippen LogP contribution in [0.3, 0.4) is 0 Å². The molecule has 0 saturated carbocycles. The van der Waals surface area contributed by atoms with Gasteiger partial charge in [0.05, 0.1) is 10.9 Å². The van der Waals surface area contributed by atoms with Crippen LogP contribution in [0.2, 0.25) is 5.15 Å². The van der Waals surface area contributed by atoms with Crippen molar-refractivity contribution in [1.82, 2.24) is 19.7 Å². The van der Waals surface area contributed by atoms with Gasteiger partial charge < -0.3 is 9.88 Å². The molecule has 22 heavy (non-hydrogen) atoms. The smallest absolute Gasteiger partial charge is 0.237 e. The van der Waals surface area contributed by atoms with Gasteiger partial charge in [-0.1, -0.05) is 29.4 Å². The number of amides is 1. The standard InChI is InChI=1S/C14H16ClN5OS/c1-4-8-20-10(3)18-19-14(20)22-9(2)13(21)17-11-6-5-7-16-12(11)15/h4-7,9H,1,8H2,2-3H3,(H,17,21). The van der Waals surface area contributed by atoms with E-state index in [4.69, 9.17) is 11.6 Å². The van der Waals surface area contributed by atoms with E-state index in [1.54, 1.807) is 31.3 Å². The Morgan fingerprint density at radius 2 is 2.36 bits per heavy atom. The Labute approximate surface area is 138 Å². The summed E-state index contributed by atoms with van der Waals surface area (Å²) in [6.07, 6.45) is 3.33. The lowest BCUT2D eigenvalue weighted by Crippen LogP contribution is -2.23. The molecule has 0 fully saturated rings. The Morgan fingerprint density at radius 3 is 3.05 bits per heavy atom. The molecule has 116 valence electrons. The number of thioether (sulfide) groups is 1. The van der Waals surface area contributed by atoms with Crippen LogP contribution in [0.4, 0.5) is 5.69 Å². The van der Waals surface area contributed by atoms with E-state index in [1.807, 2.05) is 11.5 Å². The van der Waals surface area contributed by atoms with Crippen LogP contribution in [0.1, 0.15) is 12.7 Å². The van der Waals surface area contributed by atoms with Crippen molar-refractivity contribution in [1.29, 1.82) is 0 Å². The van der Waals surface area contributed by atoms with Gasteiger partial charge in [0.2, 0.25) is 5.91 Å². The van der Waals surface area contributed by atoms with E-state index >= 15 is 0 Å². The summed E-state index contributed by atoms with van der Waals surface area (Å²) in [5, 5.41) is 11.5. The van der Waals surface area contributed by atoms with Crippen molar-refractivity contribution >= 4 is 35.0 Å². The minimum atomic E-state index is -0.358. The lowest BCUT2D eigenvalue weighted by atomic mass is 10.4. The van der Waals surface area contributed by atoms with Crippen molar-refractivity contribution in [2.45, 2.75) is 30.8 Å². The summed E-state index contributed by atoms with van der Waals surface area (Å²) in [5.74, 6) is 0.607. The van der Waals surface area contributed by atoms with E-state index in [9.17, 15) is 4.79 Å². The van der Waals surface area contributed by atoms with Gasteiger partial charge in [0.25, 0.3) is 0 Å². The zero-order valence-electron chi connectivity index (χ0n) is 12.3. The molecule has 6 nitrogen and oxygen atoms in total. The molecule has 2 aromatic heterocycles. The van der Waals surface area contributed by atoms with Gasteiger partial charge in [-0.2, -0.15) is 0 Å². The molecular weight excluding hydrogens is 322 g/mol. The lowest BCUT2D eigenvalue weighted by Gasteiger charge is -2.12. The van der Waals surface area contributed by atoms with Gasteiger partial charge in [0, 0.05) is 12.7 Å². The molecular formula is C14H16ClN5OS. The minimum Gasteiger partial charge on any atom is -0.322 e. The highest BCUT2D eigenvalue weighted by Crippen LogP contribution is 2.24. The molecule has 0 aliphatic rings. The zero-order valence-corrected chi connectivity index (χ0v) is 13.9. The highest BCUT2D eigenvalue weighted by atomic mass is 35.5. The maximum atomic E-state index is 12.2. The van der Waals surface area contributed by atoms with Crippen molar-refractivity contribution in [3.8, 4) is 0 Å². The van der Waals surface area contributed by atoms with Gasteiger partial charge in [-0.25, -0.2) is 4.98 Å². The van der Waals surface area contributed by atoms with Gasteiger partial charge in [0.15, 0.2) is 10.3 Å². The number of hydrogen-bond acceptors (Lipinski definition) is 5. The maximum absolute atomic E-state index is 12.2. The average Bonchev–Trinajstić information content (AvgIpc) is 2.83. The minimum absolute atomic E-state index is 0.175. The molecule has 0 aliphatic carbocycles. The van der Waals surface area contributed by atoms with Crippen LogP contribution < -0.4 is 5.32 Å². The maximum Gasteiger partial charge on any atom is 0.237 e. The molecule has 8 heteroatoms. The van der Waals surface area contributed by atoms with Crippen molar-refractivity contribution in [3.05, 3.63) is 42.0 Å². The molecule has 1 N–H and O–H groups in total. The number of hydrogen-bond donors (Lipinski definition) is 1. The second-order valence-corrected chi connectivity index (χ2v) is 6.19. The van der Waals surface area contributed by atoms with Crippen LogP contribution in [0.25, 0.3) is 0 Å². The number of pyridine rings is 1. The summed E-state index contributed by atoms with van der Waals surface area (Å²) in [6.45, 7) is 7.97. The first-order chi connectivity index (χ1) is 10.5. The molecule has 2 heterocycles. The van der Waals surface area contributed by atoms with Gasteiger partial charge >= 0.3 is 0 Å². The number of nitrogens with one attached hydrogen (secondary N) is 1. The Bertz CT molecular complexity index is 688. The van der Waals surface area contributed by atoms with Crippen molar-refractivity contribution in [2.75, 3.05) is 5.32 Å². The first-order valence-electron chi connectivity index (χ1n) is 6.61. The number of carbonyl (C=O) groups is 1. The van der Waals surface area contributed by atoms with Gasteiger partial charge in [0.1, 0.15) is 5.82 Å². The number of aryl methyl sites for hydroxylation is 1. The summed E-state index contributed by atoms with van der Waals surface area (Å²) in [4.78, 5) is 16.2. The van der Waals surface area contributed by atoms with Crippen LogP contribution in [0.15, 0.2) is 36.1 Å². The first kappa shape index (κ1) is 16.5. The molecule has 0 bridgehead atoms. The highest BCUT2D eigenvalue weighted by Gasteiger charge is 2.19. The van der Waals surface area contributed by atoms with E-state index in [0.29, 0.717) is 17.4 Å². The number of carbonyl (C=O) groups excluding carboxylic acids is 1. The van der Waals surface area contributed by atoms with Crippen molar-refractivity contribution in [2.24, 2.45) is 0 Å². The van der Waals surface area contributed by atoms with E-state index < -0.39 is 0 Å². The molecule has 2 rings (SSSR count). The second kappa shape index (κ2) is 7.42. The van der Waals surface area contributed by atoms with E-state index in [0.717, 1.165) is 5.82 Å². The number of anilines is 1. The number of aromatic nitrogens is 4. The molecule has 0 saturated heterocycles. The third kappa shape index (κ3) is 3.86.